The lowest BCUT2D eigenvalue weighted by atomic mass is 9.33. The summed E-state index contributed by atoms with van der Waals surface area (Å²) in [5.41, 5.74) is -8.59. The second-order valence-corrected chi connectivity index (χ2v) is 21.8. The van der Waals surface area contributed by atoms with Gasteiger partial charge in [0, 0.05) is 56.9 Å². The van der Waals surface area contributed by atoms with Gasteiger partial charge in [0.05, 0.1) is 0 Å². The van der Waals surface area contributed by atoms with E-state index in [0.717, 1.165) is 94.4 Å². The number of nitrogens with zero attached hydrogens (tertiary/aromatic N) is 3. The number of fused-ring (bicyclic) bond motifs is 12. The summed E-state index contributed by atoms with van der Waals surface area (Å²) in [6, 6.07) is 15.5. The average Bonchev–Trinajstić information content (AvgIpc) is 3.39. The van der Waals surface area contributed by atoms with Gasteiger partial charge in [0.2, 0.25) is 0 Å². The second-order valence-electron chi connectivity index (χ2n) is 21.8. The molecule has 3 heterocycles. The van der Waals surface area contributed by atoms with Crippen LogP contribution in [0, 0.1) is 11.8 Å². The van der Waals surface area contributed by atoms with Crippen LogP contribution in [0.25, 0.3) is 0 Å². The maximum atomic E-state index is 16.2. The van der Waals surface area contributed by atoms with E-state index in [4.69, 9.17) is 0 Å². The third-order valence-corrected chi connectivity index (χ3v) is 18.5. The van der Waals surface area contributed by atoms with Crippen molar-refractivity contribution in [3.05, 3.63) is 118 Å². The molecule has 2 aliphatic heterocycles. The van der Waals surface area contributed by atoms with Crippen LogP contribution in [0.1, 0.15) is 110 Å². The van der Waals surface area contributed by atoms with Crippen molar-refractivity contribution in [2.24, 2.45) is 11.8 Å². The number of hydrogen-bond acceptors (Lipinski definition) is 3. The second kappa shape index (κ2) is 14.3. The van der Waals surface area contributed by atoms with E-state index in [0.29, 0.717) is 34.2 Å². The van der Waals surface area contributed by atoms with Crippen molar-refractivity contribution < 1.29 is 70.2 Å². The molecule has 73 heavy (non-hydrogen) atoms. The van der Waals surface area contributed by atoms with E-state index in [1.807, 2.05) is 36.4 Å². The topological polar surface area (TPSA) is 19.4 Å². The van der Waals surface area contributed by atoms with Gasteiger partial charge < -0.3 is 4.90 Å². The van der Waals surface area contributed by atoms with Gasteiger partial charge in [-0.3, -0.25) is 4.90 Å². The zero-order valence-corrected chi connectivity index (χ0v) is 38.2. The fraction of sp³-hybridized carbons (Fsp3) is 0.453. The Morgan fingerprint density at radius 3 is 1.37 bits per heavy atom. The first kappa shape index (κ1) is 47.3. The number of anilines is 6. The summed E-state index contributed by atoms with van der Waals surface area (Å²) in [5.74, 6) is -50.2. The minimum absolute atomic E-state index is 0.00926. The van der Waals surface area contributed by atoms with Crippen molar-refractivity contribution in [1.82, 2.24) is 4.98 Å². The van der Waals surface area contributed by atoms with Gasteiger partial charge in [-0.05, 0) is 170 Å². The molecule has 10 aliphatic rings. The van der Waals surface area contributed by atoms with E-state index in [9.17, 15) is 8.78 Å². The molecule has 5 aromatic rings. The highest BCUT2D eigenvalue weighted by atomic mass is 19.4. The van der Waals surface area contributed by atoms with Crippen LogP contribution in [0.3, 0.4) is 0 Å². The Labute approximate surface area is 407 Å². The number of hydrogen-bond donors (Lipinski definition) is 0. The summed E-state index contributed by atoms with van der Waals surface area (Å²) in [6.45, 7) is -1.47. The van der Waals surface area contributed by atoms with E-state index in [-0.39, 0.29) is 51.7 Å². The Hall–Kier alpha value is -5.43. The Kier molecular flexibility index (Phi) is 9.25. The van der Waals surface area contributed by atoms with Crippen molar-refractivity contribution in [1.29, 1.82) is 0 Å². The molecular weight excluding hydrogens is 993 g/mol. The molecule has 8 aliphatic carbocycles. The van der Waals surface area contributed by atoms with Crippen LogP contribution in [0.2, 0.25) is 0 Å². The lowest BCUT2D eigenvalue weighted by molar-refractivity contribution is -0.386. The number of benzene rings is 4. The molecule has 0 amide bonds. The number of alkyl halides is 16. The first-order valence-corrected chi connectivity index (χ1v) is 24.4. The lowest BCUT2D eigenvalue weighted by Gasteiger charge is -2.49. The molecule has 3 nitrogen and oxygen atoms in total. The molecule has 0 radical (unpaired) electrons. The van der Waals surface area contributed by atoms with Crippen molar-refractivity contribution >= 4 is 57.4 Å². The predicted molar refractivity (Wildman–Crippen MR) is 239 cm³/mol. The average molecular weight is 1030 g/mol. The van der Waals surface area contributed by atoms with Crippen LogP contribution in [-0.4, -0.2) is 35.4 Å². The maximum absolute atomic E-state index is 16.2. The Morgan fingerprint density at radius 1 is 0.397 bits per heavy atom. The standard InChI is InChI=1S/C53H40BF16N3/c55-46(56)33-7-6-32(24-34(33)47(57,58)51(65,66)50(46,63)64)73-41-26-36-35(48(59,60)52(67,68)53(69,70)49(36,61)62)25-38(41)54-37-23-30(45-19-12-28(13-20-45)14-21-45)3-8-39(37)72(40-15-22-71-43(73)42(40)54)31-4-1-29(2-5-31)44-16-9-27(10-17-44)11-18-44/h1-8,15,22-28H,9-14,16-21H2. The first-order chi connectivity index (χ1) is 34.2. The molecule has 4 bridgehead atoms. The third kappa shape index (κ3) is 5.60. The monoisotopic (exact) mass is 1030 g/mol. The fourth-order valence-corrected chi connectivity index (χ4v) is 14.2. The van der Waals surface area contributed by atoms with E-state index in [2.05, 4.69) is 4.98 Å². The minimum Gasteiger partial charge on any atom is -0.311 e. The Balaban J connectivity index is 1.09. The quantitative estimate of drug-likeness (QED) is 0.129. The van der Waals surface area contributed by atoms with Gasteiger partial charge in [0.1, 0.15) is 5.82 Å². The molecule has 20 heteroatoms. The SMILES string of the molecule is FC1(F)c2ccc(N3c4cc5c(cc4B4c6cc(C78CCC(CC7)CC8)ccc6N(c6ccc(C78CCC(CC7)CC8)cc6)c6ccnc3c64)C(F)(F)C(F)(F)C(F)(F)C5(F)F)cc2C(F)(F)C(F)(F)C1(F)F. The summed E-state index contributed by atoms with van der Waals surface area (Å²) in [4.78, 5) is 6.86. The summed E-state index contributed by atoms with van der Waals surface area (Å²) in [6.07, 6.45) is 12.4. The first-order valence-electron chi connectivity index (χ1n) is 24.4. The molecule has 4 aromatic carbocycles. The molecule has 0 saturated heterocycles. The molecule has 1 aromatic heterocycles. The molecule has 0 unspecified atom stereocenters. The molecule has 15 rings (SSSR count). The molecule has 382 valence electrons. The van der Waals surface area contributed by atoms with Gasteiger partial charge >= 0.3 is 47.4 Å². The highest BCUT2D eigenvalue weighted by Crippen LogP contribution is 2.67. The molecular formula is C53H40BF16N3. The smallest absolute Gasteiger partial charge is 0.311 e. The number of aromatic nitrogens is 1. The van der Waals surface area contributed by atoms with Gasteiger partial charge in [-0.25, -0.2) is 4.98 Å². The van der Waals surface area contributed by atoms with Gasteiger partial charge in [-0.2, -0.15) is 70.2 Å². The molecule has 0 spiro atoms. The number of halogens is 16. The summed E-state index contributed by atoms with van der Waals surface area (Å²) in [5, 5.41) is 0. The van der Waals surface area contributed by atoms with Crippen molar-refractivity contribution in [2.75, 3.05) is 9.80 Å². The van der Waals surface area contributed by atoms with Gasteiger partial charge in [-0.15, -0.1) is 0 Å². The molecule has 6 fully saturated rings. The fourth-order valence-electron chi connectivity index (χ4n) is 14.2. The van der Waals surface area contributed by atoms with Crippen molar-refractivity contribution in [2.45, 2.75) is 135 Å². The largest absolute Gasteiger partial charge is 0.382 e. The third-order valence-electron chi connectivity index (χ3n) is 18.5. The van der Waals surface area contributed by atoms with Crippen LogP contribution < -0.4 is 26.2 Å². The summed E-state index contributed by atoms with van der Waals surface area (Å²) in [7, 11) is 0. The van der Waals surface area contributed by atoms with Crippen LogP contribution in [0.5, 0.6) is 0 Å². The lowest BCUT2D eigenvalue weighted by Crippen LogP contribution is -2.65. The van der Waals surface area contributed by atoms with Gasteiger partial charge in [0.25, 0.3) is 6.71 Å². The van der Waals surface area contributed by atoms with Gasteiger partial charge in [0.15, 0.2) is 0 Å². The van der Waals surface area contributed by atoms with Gasteiger partial charge in [-0.1, -0.05) is 36.4 Å². The van der Waals surface area contributed by atoms with E-state index in [1.54, 1.807) is 11.0 Å². The normalized spacial score (nSPS) is 30.2. The molecule has 0 atom stereocenters. The molecule has 6 saturated carbocycles. The van der Waals surface area contributed by atoms with E-state index >= 15 is 61.5 Å². The van der Waals surface area contributed by atoms with Crippen molar-refractivity contribution in [3.63, 3.8) is 0 Å². The maximum Gasteiger partial charge on any atom is 0.382 e. The van der Waals surface area contributed by atoms with Crippen molar-refractivity contribution in [3.8, 4) is 0 Å². The molecule has 0 N–H and O–H groups in total. The summed E-state index contributed by atoms with van der Waals surface area (Å²) < 4.78 is 248. The minimum atomic E-state index is -6.75. The van der Waals surface area contributed by atoms with Crippen LogP contribution in [0.4, 0.5) is 105 Å². The predicted octanol–water partition coefficient (Wildman–Crippen LogP) is 14.5. The van der Waals surface area contributed by atoms with E-state index < -0.39 is 99.0 Å². The van der Waals surface area contributed by atoms with E-state index in [1.165, 1.54) is 6.07 Å². The highest BCUT2D eigenvalue weighted by Gasteiger charge is 2.86. The Morgan fingerprint density at radius 2 is 0.836 bits per heavy atom. The summed E-state index contributed by atoms with van der Waals surface area (Å²) >= 11 is 0. The Bertz CT molecular complexity index is 3150. The highest BCUT2D eigenvalue weighted by molar-refractivity contribution is 7.00. The number of pyridine rings is 1. The van der Waals surface area contributed by atoms with Crippen LogP contribution in [-0.2, 0) is 34.5 Å². The zero-order valence-electron chi connectivity index (χ0n) is 38.2. The van der Waals surface area contributed by atoms with Crippen LogP contribution in [0.15, 0.2) is 85.1 Å². The zero-order chi connectivity index (χ0) is 51.6. The number of rotatable bonds is 4. The van der Waals surface area contributed by atoms with Crippen LogP contribution >= 0.6 is 0 Å².